The van der Waals surface area contributed by atoms with E-state index in [1.165, 1.54) is 0 Å². The number of aliphatic hydroxyl groups is 1. The van der Waals surface area contributed by atoms with Crippen molar-refractivity contribution in [2.75, 3.05) is 20.3 Å². The third kappa shape index (κ3) is 10.0. The van der Waals surface area contributed by atoms with E-state index in [0.717, 1.165) is 35.3 Å². The van der Waals surface area contributed by atoms with Crippen molar-refractivity contribution >= 4 is 0 Å². The van der Waals surface area contributed by atoms with Gasteiger partial charge in [-0.05, 0) is 54.5 Å². The monoisotopic (exact) mass is 672 g/mol. The molecule has 0 amide bonds. The second kappa shape index (κ2) is 17.2. The Morgan fingerprint density at radius 2 is 1.41 bits per heavy atom. The molecule has 3 aliphatic rings. The van der Waals surface area contributed by atoms with Gasteiger partial charge in [0.2, 0.25) is 0 Å². The van der Waals surface area contributed by atoms with Gasteiger partial charge >= 0.3 is 0 Å². The van der Waals surface area contributed by atoms with E-state index in [1.54, 1.807) is 7.11 Å². The highest BCUT2D eigenvalue weighted by atomic mass is 16.6. The lowest BCUT2D eigenvalue weighted by Gasteiger charge is -2.45. The van der Waals surface area contributed by atoms with Gasteiger partial charge in [0, 0.05) is 12.8 Å². The second-order valence-electron chi connectivity index (χ2n) is 13.9. The van der Waals surface area contributed by atoms with Crippen LogP contribution in [0.3, 0.4) is 0 Å². The van der Waals surface area contributed by atoms with Crippen LogP contribution in [-0.2, 0) is 48.2 Å². The molecule has 0 aliphatic carbocycles. The molecule has 8 heteroatoms. The van der Waals surface area contributed by atoms with Gasteiger partial charge in [0.05, 0.1) is 76.8 Å². The van der Waals surface area contributed by atoms with Crippen LogP contribution in [0.2, 0.25) is 0 Å². The van der Waals surface area contributed by atoms with Crippen molar-refractivity contribution in [3.8, 4) is 5.75 Å². The van der Waals surface area contributed by atoms with Crippen molar-refractivity contribution in [2.24, 2.45) is 5.92 Å². The fraction of sp³-hybridized carbons (Fsp3) is 0.512. The van der Waals surface area contributed by atoms with Gasteiger partial charge in [0.1, 0.15) is 17.5 Å². The van der Waals surface area contributed by atoms with Crippen molar-refractivity contribution in [3.05, 3.63) is 114 Å². The Kier molecular flexibility index (Phi) is 12.6. The van der Waals surface area contributed by atoms with Crippen LogP contribution in [0, 0.1) is 5.92 Å². The molecule has 3 aliphatic heterocycles. The summed E-state index contributed by atoms with van der Waals surface area (Å²) in [6, 6.07) is 28.4. The maximum atomic E-state index is 9.98. The molecule has 49 heavy (non-hydrogen) atoms. The minimum absolute atomic E-state index is 0.0220. The predicted molar refractivity (Wildman–Crippen MR) is 187 cm³/mol. The molecule has 6 rings (SSSR count). The number of hydrogen-bond acceptors (Lipinski definition) is 8. The first-order chi connectivity index (χ1) is 23.9. The first-order valence-electron chi connectivity index (χ1n) is 17.7. The van der Waals surface area contributed by atoms with Gasteiger partial charge in [-0.2, -0.15) is 0 Å². The zero-order chi connectivity index (χ0) is 34.1. The molecule has 3 fully saturated rings. The highest BCUT2D eigenvalue weighted by molar-refractivity contribution is 5.26. The van der Waals surface area contributed by atoms with E-state index in [9.17, 15) is 5.11 Å². The Morgan fingerprint density at radius 1 is 0.776 bits per heavy atom. The quantitative estimate of drug-likeness (QED) is 0.107. The van der Waals surface area contributed by atoms with Crippen LogP contribution in [0.1, 0.15) is 56.2 Å². The largest absolute Gasteiger partial charge is 0.497 e. The SMILES string of the molecule is COc1ccc(CO[C@@H]2C[C@H](C)C[C@@H]3O[C@H](/C=C/COCc4ccccc4)[C@H](OCc4ccccc4)C[C@H]3O[C@H]2C[C@H]2O[C@]2(C)CO)cc1. The van der Waals surface area contributed by atoms with Gasteiger partial charge in [0.15, 0.2) is 0 Å². The highest BCUT2D eigenvalue weighted by Gasteiger charge is 2.54. The lowest BCUT2D eigenvalue weighted by atomic mass is 9.85. The molecular weight excluding hydrogens is 620 g/mol. The summed E-state index contributed by atoms with van der Waals surface area (Å²) < 4.78 is 44.4. The topological polar surface area (TPSA) is 88.1 Å². The minimum atomic E-state index is -0.542. The van der Waals surface area contributed by atoms with Crippen molar-refractivity contribution in [2.45, 2.75) is 108 Å². The predicted octanol–water partition coefficient (Wildman–Crippen LogP) is 6.82. The summed E-state index contributed by atoms with van der Waals surface area (Å²) >= 11 is 0. The van der Waals surface area contributed by atoms with E-state index in [0.29, 0.717) is 45.2 Å². The lowest BCUT2D eigenvalue weighted by molar-refractivity contribution is -0.226. The summed E-state index contributed by atoms with van der Waals surface area (Å²) in [5.41, 5.74) is 2.80. The number of hydrogen-bond donors (Lipinski definition) is 1. The summed E-state index contributed by atoms with van der Waals surface area (Å²) in [6.45, 7) is 6.21. The molecule has 3 aromatic carbocycles. The van der Waals surface area contributed by atoms with E-state index in [1.807, 2.05) is 73.7 Å². The number of ether oxygens (including phenoxy) is 7. The number of methoxy groups -OCH3 is 1. The van der Waals surface area contributed by atoms with E-state index < -0.39 is 5.60 Å². The van der Waals surface area contributed by atoms with Gasteiger partial charge in [-0.25, -0.2) is 0 Å². The lowest BCUT2D eigenvalue weighted by Crippen LogP contribution is -2.53. The van der Waals surface area contributed by atoms with E-state index in [2.05, 4.69) is 37.3 Å². The number of rotatable bonds is 15. The fourth-order valence-electron chi connectivity index (χ4n) is 6.96. The van der Waals surface area contributed by atoms with Gasteiger partial charge in [-0.15, -0.1) is 0 Å². The first kappa shape index (κ1) is 35.7. The van der Waals surface area contributed by atoms with E-state index in [-0.39, 0.29) is 49.3 Å². The van der Waals surface area contributed by atoms with Gasteiger partial charge in [-0.1, -0.05) is 91.9 Å². The molecule has 0 bridgehead atoms. The van der Waals surface area contributed by atoms with Crippen LogP contribution in [-0.4, -0.2) is 73.8 Å². The maximum absolute atomic E-state index is 9.98. The summed E-state index contributed by atoms with van der Waals surface area (Å²) in [6.07, 6.45) is 5.97. The van der Waals surface area contributed by atoms with Gasteiger partial charge < -0.3 is 38.3 Å². The van der Waals surface area contributed by atoms with E-state index >= 15 is 0 Å². The second-order valence-corrected chi connectivity index (χ2v) is 13.9. The number of fused-ring (bicyclic) bond motifs is 1. The van der Waals surface area contributed by atoms with Crippen molar-refractivity contribution in [1.29, 1.82) is 0 Å². The Bertz CT molecular complexity index is 1430. The summed E-state index contributed by atoms with van der Waals surface area (Å²) in [4.78, 5) is 0. The average Bonchev–Trinajstić information content (AvgIpc) is 3.79. The zero-order valence-corrected chi connectivity index (χ0v) is 29.0. The van der Waals surface area contributed by atoms with E-state index in [4.69, 9.17) is 33.2 Å². The van der Waals surface area contributed by atoms with Gasteiger partial charge in [-0.3, -0.25) is 0 Å². The van der Waals surface area contributed by atoms with Crippen molar-refractivity contribution in [3.63, 3.8) is 0 Å². The normalized spacial score (nSPS) is 31.5. The van der Waals surface area contributed by atoms with Crippen LogP contribution in [0.4, 0.5) is 0 Å². The molecule has 3 aromatic rings. The fourth-order valence-corrected chi connectivity index (χ4v) is 6.96. The maximum Gasteiger partial charge on any atom is 0.118 e. The van der Waals surface area contributed by atoms with Crippen molar-refractivity contribution in [1.82, 2.24) is 0 Å². The molecular formula is C41H52O8. The highest BCUT2D eigenvalue weighted by Crippen LogP contribution is 2.42. The van der Waals surface area contributed by atoms with Crippen molar-refractivity contribution < 1.29 is 38.3 Å². The molecule has 0 spiro atoms. The van der Waals surface area contributed by atoms with Crippen LogP contribution >= 0.6 is 0 Å². The Hall–Kier alpha value is -3.08. The number of benzene rings is 3. The molecule has 3 saturated heterocycles. The minimum Gasteiger partial charge on any atom is -0.497 e. The van der Waals surface area contributed by atoms with Crippen LogP contribution in [0.25, 0.3) is 0 Å². The molecule has 3 heterocycles. The Morgan fingerprint density at radius 3 is 2.06 bits per heavy atom. The average molecular weight is 673 g/mol. The summed E-state index contributed by atoms with van der Waals surface area (Å²) in [5, 5.41) is 9.98. The zero-order valence-electron chi connectivity index (χ0n) is 29.0. The molecule has 0 radical (unpaired) electrons. The number of aliphatic hydroxyl groups excluding tert-OH is 1. The molecule has 9 atom stereocenters. The Labute approximate surface area is 291 Å². The van der Waals surface area contributed by atoms with Crippen LogP contribution in [0.15, 0.2) is 97.1 Å². The molecule has 1 N–H and O–H groups in total. The summed E-state index contributed by atoms with van der Waals surface area (Å²) in [5.74, 6) is 1.16. The first-order valence-corrected chi connectivity index (χ1v) is 17.7. The standard InChI is InChI=1S/C41H52O8/c1-29-21-35(45-27-32-16-18-33(43-3)19-17-32)39(24-40-41(2,28-42)49-40)48-38-23-36(46-26-31-13-8-5-9-14-31)34(47-37(38)22-29)15-10-20-44-25-30-11-6-4-7-12-30/h4-19,29,34-40,42H,20-28H2,1-3H3/b15-10+/t29-,34+,35+,36+,37-,38+,39-,40+,41+/m0/s1. The molecule has 264 valence electrons. The number of epoxide rings is 1. The molecule has 0 aromatic heterocycles. The smallest absolute Gasteiger partial charge is 0.118 e. The third-order valence-electron chi connectivity index (χ3n) is 9.99. The summed E-state index contributed by atoms with van der Waals surface area (Å²) in [7, 11) is 1.67. The van der Waals surface area contributed by atoms with Gasteiger partial charge in [0.25, 0.3) is 0 Å². The Balaban J connectivity index is 1.16. The third-order valence-corrected chi connectivity index (χ3v) is 9.99. The van der Waals surface area contributed by atoms with Crippen LogP contribution < -0.4 is 4.74 Å². The van der Waals surface area contributed by atoms with Crippen LogP contribution in [0.5, 0.6) is 5.75 Å². The molecule has 0 unspecified atom stereocenters. The molecule has 0 saturated carbocycles. The molecule has 8 nitrogen and oxygen atoms in total.